The highest BCUT2D eigenvalue weighted by molar-refractivity contribution is 5.83. The fraction of sp³-hybridized carbons (Fsp3) is 0.600. The van der Waals surface area contributed by atoms with Gasteiger partial charge >= 0.3 is 12.0 Å². The predicted octanol–water partition coefficient (Wildman–Crippen LogP) is 2.95. The number of amides is 2. The predicted molar refractivity (Wildman–Crippen MR) is 94.1 cm³/mol. The van der Waals surface area contributed by atoms with Crippen LogP contribution >= 0.6 is 0 Å². The van der Waals surface area contributed by atoms with E-state index in [9.17, 15) is 14.7 Å². The van der Waals surface area contributed by atoms with E-state index >= 15 is 0 Å². The maximum Gasteiger partial charge on any atom is 0.326 e. The minimum Gasteiger partial charge on any atom is -0.480 e. The van der Waals surface area contributed by atoms with Gasteiger partial charge in [0.2, 0.25) is 0 Å². The van der Waals surface area contributed by atoms with Crippen LogP contribution in [-0.2, 0) is 11.2 Å². The molecule has 4 aliphatic rings. The highest BCUT2D eigenvalue weighted by Gasteiger charge is 2.51. The summed E-state index contributed by atoms with van der Waals surface area (Å²) in [6.07, 6.45) is 7.41. The van der Waals surface area contributed by atoms with Crippen molar-refractivity contribution in [3.8, 4) is 0 Å². The van der Waals surface area contributed by atoms with Crippen molar-refractivity contribution in [3.05, 3.63) is 35.9 Å². The average molecular weight is 342 g/mol. The molecule has 4 aliphatic carbocycles. The Labute approximate surface area is 148 Å². The molecule has 2 amide bonds. The lowest BCUT2D eigenvalue weighted by Crippen LogP contribution is -2.62. The summed E-state index contributed by atoms with van der Waals surface area (Å²) in [6, 6.07) is 8.19. The summed E-state index contributed by atoms with van der Waals surface area (Å²) in [5, 5.41) is 15.3. The van der Waals surface area contributed by atoms with Crippen LogP contribution < -0.4 is 10.6 Å². The second-order valence-corrected chi connectivity index (χ2v) is 8.38. The number of carbonyl (C=O) groups is 2. The molecule has 5 rings (SSSR count). The molecule has 0 aromatic heterocycles. The number of carboxylic acid groups (broad SMARTS) is 1. The summed E-state index contributed by atoms with van der Waals surface area (Å²) in [5.74, 6) is 1.23. The van der Waals surface area contributed by atoms with E-state index in [4.69, 9.17) is 0 Å². The quantitative estimate of drug-likeness (QED) is 0.770. The number of urea groups is 1. The number of benzene rings is 1. The third-order valence-electron chi connectivity index (χ3n) is 6.30. The molecule has 0 spiro atoms. The summed E-state index contributed by atoms with van der Waals surface area (Å²) in [4.78, 5) is 24.1. The number of carboxylic acids is 1. The van der Waals surface area contributed by atoms with Crippen LogP contribution in [0.15, 0.2) is 30.3 Å². The third kappa shape index (κ3) is 3.51. The van der Waals surface area contributed by atoms with Gasteiger partial charge in [-0.1, -0.05) is 30.3 Å². The zero-order chi connectivity index (χ0) is 17.4. The van der Waals surface area contributed by atoms with Crippen molar-refractivity contribution < 1.29 is 14.7 Å². The topological polar surface area (TPSA) is 78.4 Å². The fourth-order valence-corrected chi connectivity index (χ4v) is 5.75. The number of carbonyl (C=O) groups excluding carboxylic acids is 1. The first-order chi connectivity index (χ1) is 12.0. The Morgan fingerprint density at radius 2 is 1.60 bits per heavy atom. The summed E-state index contributed by atoms with van der Waals surface area (Å²) < 4.78 is 0. The lowest BCUT2D eigenvalue weighted by atomic mass is 9.53. The van der Waals surface area contributed by atoms with Gasteiger partial charge in [-0.25, -0.2) is 9.59 Å². The lowest BCUT2D eigenvalue weighted by Gasteiger charge is -2.56. The molecule has 3 N–H and O–H groups in total. The summed E-state index contributed by atoms with van der Waals surface area (Å²) in [7, 11) is 0. The lowest BCUT2D eigenvalue weighted by molar-refractivity contribution is -0.139. The Morgan fingerprint density at radius 3 is 2.12 bits per heavy atom. The van der Waals surface area contributed by atoms with E-state index in [2.05, 4.69) is 10.6 Å². The number of hydrogen-bond donors (Lipinski definition) is 3. The van der Waals surface area contributed by atoms with Gasteiger partial charge in [-0.3, -0.25) is 0 Å². The van der Waals surface area contributed by atoms with Crippen molar-refractivity contribution in [2.75, 3.05) is 0 Å². The van der Waals surface area contributed by atoms with Crippen molar-refractivity contribution in [1.82, 2.24) is 10.6 Å². The van der Waals surface area contributed by atoms with Crippen LogP contribution in [0.4, 0.5) is 4.79 Å². The van der Waals surface area contributed by atoms with Crippen molar-refractivity contribution >= 4 is 12.0 Å². The van der Waals surface area contributed by atoms with Gasteiger partial charge in [0, 0.05) is 12.0 Å². The Kier molecular flexibility index (Phi) is 4.18. The van der Waals surface area contributed by atoms with E-state index < -0.39 is 12.0 Å². The van der Waals surface area contributed by atoms with E-state index in [1.807, 2.05) is 30.3 Å². The fourth-order valence-electron chi connectivity index (χ4n) is 5.75. The van der Waals surface area contributed by atoms with Gasteiger partial charge in [0.05, 0.1) is 0 Å². The molecule has 134 valence electrons. The van der Waals surface area contributed by atoms with Gasteiger partial charge in [-0.2, -0.15) is 0 Å². The van der Waals surface area contributed by atoms with E-state index in [-0.39, 0.29) is 11.6 Å². The molecule has 1 aromatic rings. The van der Waals surface area contributed by atoms with Crippen LogP contribution in [0.2, 0.25) is 0 Å². The molecule has 5 nitrogen and oxygen atoms in total. The molecule has 0 unspecified atom stereocenters. The normalized spacial score (nSPS) is 33.7. The number of hydrogen-bond acceptors (Lipinski definition) is 2. The SMILES string of the molecule is O=C(N[C@@H](Cc1ccccc1)C(=O)O)NC12CC3CC(CC(C3)C1)C2. The smallest absolute Gasteiger partial charge is 0.326 e. The van der Waals surface area contributed by atoms with Crippen LogP contribution in [0, 0.1) is 17.8 Å². The summed E-state index contributed by atoms with van der Waals surface area (Å²) in [5.41, 5.74) is 0.805. The number of aliphatic carboxylic acids is 1. The first-order valence-electron chi connectivity index (χ1n) is 9.37. The standard InChI is InChI=1S/C20H26N2O3/c23-18(24)17(9-13-4-2-1-3-5-13)21-19(25)22-20-10-14-6-15(11-20)8-16(7-14)12-20/h1-5,14-17H,6-12H2,(H,23,24)(H2,21,22,25)/t14?,15?,16?,17-,20?/m0/s1. The zero-order valence-corrected chi connectivity index (χ0v) is 14.4. The number of nitrogens with one attached hydrogen (secondary N) is 2. The summed E-state index contributed by atoms with van der Waals surface area (Å²) in [6.45, 7) is 0. The molecule has 1 atom stereocenters. The molecule has 0 aliphatic heterocycles. The van der Waals surface area contributed by atoms with Crippen molar-refractivity contribution in [1.29, 1.82) is 0 Å². The maximum atomic E-state index is 12.5. The Hall–Kier alpha value is -2.04. The maximum absolute atomic E-state index is 12.5. The molecule has 0 saturated heterocycles. The summed E-state index contributed by atoms with van der Waals surface area (Å²) >= 11 is 0. The largest absolute Gasteiger partial charge is 0.480 e. The molecular formula is C20H26N2O3. The van der Waals surface area contributed by atoms with Gasteiger partial charge in [0.15, 0.2) is 0 Å². The van der Waals surface area contributed by atoms with Crippen LogP contribution in [0.25, 0.3) is 0 Å². The average Bonchev–Trinajstić information content (AvgIpc) is 2.53. The third-order valence-corrected chi connectivity index (χ3v) is 6.30. The van der Waals surface area contributed by atoms with Gasteiger partial charge in [-0.05, 0) is 61.8 Å². The minimum absolute atomic E-state index is 0.103. The molecule has 4 fully saturated rings. The molecule has 1 aromatic carbocycles. The molecule has 25 heavy (non-hydrogen) atoms. The Morgan fingerprint density at radius 1 is 1.04 bits per heavy atom. The second kappa shape index (κ2) is 6.36. The van der Waals surface area contributed by atoms with E-state index in [1.54, 1.807) is 0 Å². The molecular weight excluding hydrogens is 316 g/mol. The highest BCUT2D eigenvalue weighted by Crippen LogP contribution is 2.55. The molecule has 0 radical (unpaired) electrons. The second-order valence-electron chi connectivity index (χ2n) is 8.38. The van der Waals surface area contributed by atoms with Gasteiger partial charge in [0.1, 0.15) is 6.04 Å². The van der Waals surface area contributed by atoms with Crippen LogP contribution in [-0.4, -0.2) is 28.7 Å². The zero-order valence-electron chi connectivity index (χ0n) is 14.4. The molecule has 0 heterocycles. The van der Waals surface area contributed by atoms with Gasteiger partial charge in [0.25, 0.3) is 0 Å². The van der Waals surface area contributed by atoms with Crippen molar-refractivity contribution in [2.24, 2.45) is 17.8 Å². The van der Waals surface area contributed by atoms with Crippen molar-refractivity contribution in [2.45, 2.75) is 56.5 Å². The van der Waals surface area contributed by atoms with Crippen LogP contribution in [0.5, 0.6) is 0 Å². The van der Waals surface area contributed by atoms with E-state index in [0.717, 1.165) is 42.6 Å². The number of rotatable bonds is 5. The van der Waals surface area contributed by atoms with E-state index in [1.165, 1.54) is 19.3 Å². The Balaban J connectivity index is 1.39. The first-order valence-corrected chi connectivity index (χ1v) is 9.37. The first kappa shape index (κ1) is 16.4. The van der Waals surface area contributed by atoms with Crippen LogP contribution in [0.1, 0.15) is 44.1 Å². The van der Waals surface area contributed by atoms with E-state index in [0.29, 0.717) is 6.42 Å². The van der Waals surface area contributed by atoms with Gasteiger partial charge < -0.3 is 15.7 Å². The molecule has 4 bridgehead atoms. The van der Waals surface area contributed by atoms with Crippen molar-refractivity contribution in [3.63, 3.8) is 0 Å². The molecule has 4 saturated carbocycles. The monoisotopic (exact) mass is 342 g/mol. The molecule has 5 heteroatoms. The minimum atomic E-state index is -0.996. The van der Waals surface area contributed by atoms with Gasteiger partial charge in [-0.15, -0.1) is 0 Å². The highest BCUT2D eigenvalue weighted by atomic mass is 16.4. The Bertz CT molecular complexity index is 623. The van der Waals surface area contributed by atoms with Crippen LogP contribution in [0.3, 0.4) is 0 Å².